The molecule has 6 nitrogen and oxygen atoms in total. The summed E-state index contributed by atoms with van der Waals surface area (Å²) in [6.45, 7) is 3.73. The zero-order valence-electron chi connectivity index (χ0n) is 13.3. The number of anilines is 2. The summed E-state index contributed by atoms with van der Waals surface area (Å²) < 4.78 is 10.5. The molecule has 6 heteroatoms. The second-order valence-electron chi connectivity index (χ2n) is 4.73. The second-order valence-corrected chi connectivity index (χ2v) is 4.73. The van der Waals surface area contributed by atoms with Crippen LogP contribution in [-0.2, 0) is 4.74 Å². The number of para-hydroxylation sites is 2. The average molecular weight is 315 g/mol. The molecule has 0 unspecified atom stereocenters. The highest BCUT2D eigenvalue weighted by atomic mass is 16.5. The van der Waals surface area contributed by atoms with Crippen LogP contribution < -0.4 is 15.4 Å². The normalized spacial score (nSPS) is 10.2. The number of carbonyl (C=O) groups excluding carboxylic acids is 1. The van der Waals surface area contributed by atoms with Crippen molar-refractivity contribution in [3.63, 3.8) is 0 Å². The lowest BCUT2D eigenvalue weighted by molar-refractivity contribution is 0.102. The van der Waals surface area contributed by atoms with Crippen molar-refractivity contribution in [1.82, 2.24) is 4.98 Å². The third-order valence-corrected chi connectivity index (χ3v) is 3.07. The Bertz CT molecular complexity index is 629. The predicted octanol–water partition coefficient (Wildman–Crippen LogP) is 2.79. The largest absolute Gasteiger partial charge is 0.492 e. The molecular formula is C17H21N3O3. The third kappa shape index (κ3) is 4.96. The maximum Gasteiger partial charge on any atom is 0.274 e. The predicted molar refractivity (Wildman–Crippen MR) is 90.2 cm³/mol. The van der Waals surface area contributed by atoms with Gasteiger partial charge in [0.15, 0.2) is 0 Å². The molecule has 0 saturated carbocycles. The van der Waals surface area contributed by atoms with Gasteiger partial charge in [-0.05, 0) is 31.2 Å². The van der Waals surface area contributed by atoms with Gasteiger partial charge in [-0.25, -0.2) is 4.98 Å². The Morgan fingerprint density at radius 3 is 2.74 bits per heavy atom. The summed E-state index contributed by atoms with van der Waals surface area (Å²) in [6.07, 6.45) is 1.62. The first-order valence-corrected chi connectivity index (χ1v) is 7.46. The van der Waals surface area contributed by atoms with Crippen LogP contribution in [0.4, 0.5) is 11.4 Å². The first kappa shape index (κ1) is 16.8. The Hall–Kier alpha value is -2.60. The van der Waals surface area contributed by atoms with E-state index in [2.05, 4.69) is 15.6 Å². The van der Waals surface area contributed by atoms with Gasteiger partial charge in [0.1, 0.15) is 11.4 Å². The van der Waals surface area contributed by atoms with E-state index in [-0.39, 0.29) is 5.91 Å². The number of amides is 1. The van der Waals surface area contributed by atoms with Gasteiger partial charge in [-0.15, -0.1) is 0 Å². The summed E-state index contributed by atoms with van der Waals surface area (Å²) in [6, 6.07) is 10.8. The molecule has 1 amide bonds. The number of nitrogens with one attached hydrogen (secondary N) is 2. The van der Waals surface area contributed by atoms with Crippen molar-refractivity contribution in [2.75, 3.05) is 37.5 Å². The molecule has 0 aliphatic carbocycles. The molecule has 2 N–H and O–H groups in total. The van der Waals surface area contributed by atoms with Crippen molar-refractivity contribution in [3.05, 3.63) is 48.3 Å². The third-order valence-electron chi connectivity index (χ3n) is 3.07. The second kappa shape index (κ2) is 8.75. The van der Waals surface area contributed by atoms with Gasteiger partial charge in [-0.1, -0.05) is 12.1 Å². The number of aromatic nitrogens is 1. The number of benzene rings is 1. The molecule has 1 aromatic heterocycles. The molecule has 0 fully saturated rings. The van der Waals surface area contributed by atoms with Crippen LogP contribution in [0.5, 0.6) is 5.75 Å². The standard InChI is InChI=1S/C17H21N3O3/c1-3-23-16-7-5-4-6-14(16)20-17(21)15-9-8-13(12-19-15)18-10-11-22-2/h4-9,12,18H,3,10-11H2,1-2H3,(H,20,21). The van der Waals surface area contributed by atoms with Crippen LogP contribution >= 0.6 is 0 Å². The first-order valence-electron chi connectivity index (χ1n) is 7.46. The van der Waals surface area contributed by atoms with Gasteiger partial charge in [-0.2, -0.15) is 0 Å². The van der Waals surface area contributed by atoms with Crippen molar-refractivity contribution in [2.24, 2.45) is 0 Å². The van der Waals surface area contributed by atoms with Gasteiger partial charge < -0.3 is 20.1 Å². The number of hydrogen-bond donors (Lipinski definition) is 2. The number of hydrogen-bond acceptors (Lipinski definition) is 5. The molecule has 2 aromatic rings. The number of ether oxygens (including phenoxy) is 2. The molecule has 0 bridgehead atoms. The van der Waals surface area contributed by atoms with Gasteiger partial charge in [0.05, 0.1) is 30.8 Å². The van der Waals surface area contributed by atoms with Crippen molar-refractivity contribution >= 4 is 17.3 Å². The molecule has 0 saturated heterocycles. The number of rotatable bonds is 8. The molecule has 0 radical (unpaired) electrons. The van der Waals surface area contributed by atoms with Gasteiger partial charge in [0, 0.05) is 13.7 Å². The highest BCUT2D eigenvalue weighted by molar-refractivity contribution is 6.03. The summed E-state index contributed by atoms with van der Waals surface area (Å²) in [5.41, 5.74) is 1.81. The quantitative estimate of drug-likeness (QED) is 0.733. The summed E-state index contributed by atoms with van der Waals surface area (Å²) >= 11 is 0. The highest BCUT2D eigenvalue weighted by Gasteiger charge is 2.10. The first-order chi connectivity index (χ1) is 11.2. The van der Waals surface area contributed by atoms with Crippen LogP contribution in [0.2, 0.25) is 0 Å². The lowest BCUT2D eigenvalue weighted by atomic mass is 10.2. The van der Waals surface area contributed by atoms with E-state index in [9.17, 15) is 4.79 Å². The van der Waals surface area contributed by atoms with E-state index in [0.717, 1.165) is 5.69 Å². The van der Waals surface area contributed by atoms with Crippen LogP contribution in [-0.4, -0.2) is 37.8 Å². The van der Waals surface area contributed by atoms with E-state index in [1.807, 2.05) is 31.2 Å². The summed E-state index contributed by atoms with van der Waals surface area (Å²) in [5.74, 6) is 0.363. The molecule has 0 aliphatic heterocycles. The summed E-state index contributed by atoms with van der Waals surface area (Å²) in [7, 11) is 1.65. The monoisotopic (exact) mass is 315 g/mol. The molecule has 0 atom stereocenters. The highest BCUT2D eigenvalue weighted by Crippen LogP contribution is 2.24. The topological polar surface area (TPSA) is 72.5 Å². The molecule has 1 aromatic carbocycles. The molecule has 122 valence electrons. The summed E-state index contributed by atoms with van der Waals surface area (Å²) in [5, 5.41) is 5.96. The molecule has 0 aliphatic rings. The average Bonchev–Trinajstić information content (AvgIpc) is 2.58. The van der Waals surface area contributed by atoms with E-state index < -0.39 is 0 Å². The fraction of sp³-hybridized carbons (Fsp3) is 0.294. The number of pyridine rings is 1. The van der Waals surface area contributed by atoms with Crippen molar-refractivity contribution in [1.29, 1.82) is 0 Å². The Labute approximate surface area is 135 Å². The van der Waals surface area contributed by atoms with E-state index in [4.69, 9.17) is 9.47 Å². The number of carbonyl (C=O) groups is 1. The van der Waals surface area contributed by atoms with Crippen LogP contribution in [0.3, 0.4) is 0 Å². The van der Waals surface area contributed by atoms with Crippen molar-refractivity contribution in [3.8, 4) is 5.75 Å². The van der Waals surface area contributed by atoms with Crippen LogP contribution in [0.1, 0.15) is 17.4 Å². The van der Waals surface area contributed by atoms with Gasteiger partial charge >= 0.3 is 0 Å². The lowest BCUT2D eigenvalue weighted by Gasteiger charge is -2.11. The Kier molecular flexibility index (Phi) is 6.38. The Morgan fingerprint density at radius 1 is 1.22 bits per heavy atom. The van der Waals surface area contributed by atoms with Crippen molar-refractivity contribution in [2.45, 2.75) is 6.92 Å². The van der Waals surface area contributed by atoms with Crippen LogP contribution in [0.15, 0.2) is 42.6 Å². The Morgan fingerprint density at radius 2 is 2.04 bits per heavy atom. The SMILES string of the molecule is CCOc1ccccc1NC(=O)c1ccc(NCCOC)cn1. The number of nitrogens with zero attached hydrogens (tertiary/aromatic N) is 1. The molecular weight excluding hydrogens is 294 g/mol. The van der Waals surface area contributed by atoms with E-state index in [1.54, 1.807) is 25.4 Å². The van der Waals surface area contributed by atoms with Gasteiger partial charge in [0.25, 0.3) is 5.91 Å². The fourth-order valence-electron chi connectivity index (χ4n) is 1.97. The van der Waals surface area contributed by atoms with Crippen LogP contribution in [0, 0.1) is 0 Å². The minimum atomic E-state index is -0.277. The van der Waals surface area contributed by atoms with Crippen LogP contribution in [0.25, 0.3) is 0 Å². The van der Waals surface area contributed by atoms with E-state index in [1.165, 1.54) is 0 Å². The molecule has 23 heavy (non-hydrogen) atoms. The van der Waals surface area contributed by atoms with E-state index in [0.29, 0.717) is 36.9 Å². The fourth-order valence-corrected chi connectivity index (χ4v) is 1.97. The summed E-state index contributed by atoms with van der Waals surface area (Å²) in [4.78, 5) is 16.4. The van der Waals surface area contributed by atoms with Crippen molar-refractivity contribution < 1.29 is 14.3 Å². The lowest BCUT2D eigenvalue weighted by Crippen LogP contribution is -2.15. The molecule has 1 heterocycles. The smallest absolute Gasteiger partial charge is 0.274 e. The minimum absolute atomic E-state index is 0.277. The Balaban J connectivity index is 2.00. The number of methoxy groups -OCH3 is 1. The zero-order chi connectivity index (χ0) is 16.5. The molecule has 0 spiro atoms. The van der Waals surface area contributed by atoms with Gasteiger partial charge in [0.2, 0.25) is 0 Å². The van der Waals surface area contributed by atoms with E-state index >= 15 is 0 Å². The maximum atomic E-state index is 12.3. The molecule has 2 rings (SSSR count). The van der Waals surface area contributed by atoms with Gasteiger partial charge in [-0.3, -0.25) is 4.79 Å². The zero-order valence-corrected chi connectivity index (χ0v) is 13.3. The maximum absolute atomic E-state index is 12.3. The minimum Gasteiger partial charge on any atom is -0.492 e.